The smallest absolute Gasteiger partial charge is 0.350 e. The van der Waals surface area contributed by atoms with Crippen molar-refractivity contribution in [1.82, 2.24) is 0 Å². The van der Waals surface area contributed by atoms with Crippen LogP contribution < -0.4 is 5.73 Å². The van der Waals surface area contributed by atoms with Gasteiger partial charge in [0.05, 0.1) is 0 Å². The van der Waals surface area contributed by atoms with Gasteiger partial charge in [-0.2, -0.15) is 0 Å². The van der Waals surface area contributed by atoms with Gasteiger partial charge in [-0.3, -0.25) is 5.73 Å². The van der Waals surface area contributed by atoms with Crippen LogP contribution in [0.3, 0.4) is 0 Å². The maximum atomic E-state index is 10.4. The zero-order valence-corrected chi connectivity index (χ0v) is 8.19. The minimum absolute atomic E-state index is 0. The SMILES string of the molecule is CCCCO[C@@](C)(N)C(=O)O.Cl. The summed E-state index contributed by atoms with van der Waals surface area (Å²) in [5.74, 6) is -1.13. The van der Waals surface area contributed by atoms with Crippen LogP contribution >= 0.6 is 12.4 Å². The summed E-state index contributed by atoms with van der Waals surface area (Å²) in [4.78, 5) is 10.4. The first-order valence-corrected chi connectivity index (χ1v) is 3.67. The maximum absolute atomic E-state index is 10.4. The monoisotopic (exact) mass is 197 g/mol. The van der Waals surface area contributed by atoms with Crippen LogP contribution in [0.5, 0.6) is 0 Å². The molecule has 0 unspecified atom stereocenters. The molecule has 0 radical (unpaired) electrons. The van der Waals surface area contributed by atoms with Crippen molar-refractivity contribution in [3.05, 3.63) is 0 Å². The molecule has 0 rings (SSSR count). The van der Waals surface area contributed by atoms with E-state index < -0.39 is 11.7 Å². The highest BCUT2D eigenvalue weighted by molar-refractivity contribution is 5.85. The number of hydrogen-bond donors (Lipinski definition) is 2. The largest absolute Gasteiger partial charge is 0.478 e. The Morgan fingerprint density at radius 2 is 2.17 bits per heavy atom. The lowest BCUT2D eigenvalue weighted by Gasteiger charge is -2.19. The van der Waals surface area contributed by atoms with Crippen molar-refractivity contribution in [2.24, 2.45) is 5.73 Å². The fraction of sp³-hybridized carbons (Fsp3) is 0.857. The predicted molar refractivity (Wildman–Crippen MR) is 48.3 cm³/mol. The average Bonchev–Trinajstić information content (AvgIpc) is 1.88. The predicted octanol–water partition coefficient (Wildman–Crippen LogP) is 0.984. The number of halogens is 1. The van der Waals surface area contributed by atoms with Gasteiger partial charge in [0.25, 0.3) is 0 Å². The number of aliphatic carboxylic acids is 1. The van der Waals surface area contributed by atoms with Crippen LogP contribution in [-0.2, 0) is 9.53 Å². The Hall–Kier alpha value is -0.320. The third-order valence-corrected chi connectivity index (χ3v) is 1.32. The minimum Gasteiger partial charge on any atom is -0.478 e. The Bertz CT molecular complexity index is 139. The highest BCUT2D eigenvalue weighted by atomic mass is 35.5. The van der Waals surface area contributed by atoms with Crippen molar-refractivity contribution in [3.8, 4) is 0 Å². The van der Waals surface area contributed by atoms with E-state index >= 15 is 0 Å². The van der Waals surface area contributed by atoms with Crippen LogP contribution in [0.4, 0.5) is 0 Å². The first kappa shape index (κ1) is 14.2. The Kier molecular flexibility index (Phi) is 7.37. The summed E-state index contributed by atoms with van der Waals surface area (Å²) in [5, 5.41) is 8.49. The summed E-state index contributed by atoms with van der Waals surface area (Å²) in [6, 6.07) is 0. The Labute approximate surface area is 78.5 Å². The molecule has 0 spiro atoms. The number of rotatable bonds is 5. The molecule has 0 aromatic carbocycles. The van der Waals surface area contributed by atoms with Gasteiger partial charge < -0.3 is 9.84 Å². The molecule has 0 aliphatic heterocycles. The van der Waals surface area contributed by atoms with E-state index in [2.05, 4.69) is 0 Å². The highest BCUT2D eigenvalue weighted by Gasteiger charge is 2.28. The van der Waals surface area contributed by atoms with E-state index in [0.29, 0.717) is 6.61 Å². The van der Waals surface area contributed by atoms with Crippen LogP contribution in [0, 0.1) is 0 Å². The van der Waals surface area contributed by atoms with E-state index in [0.717, 1.165) is 12.8 Å². The molecule has 74 valence electrons. The maximum Gasteiger partial charge on any atom is 0.350 e. The molecule has 0 heterocycles. The molecule has 5 heteroatoms. The third-order valence-electron chi connectivity index (χ3n) is 1.32. The summed E-state index contributed by atoms with van der Waals surface area (Å²) >= 11 is 0. The topological polar surface area (TPSA) is 72.5 Å². The molecule has 12 heavy (non-hydrogen) atoms. The number of hydrogen-bond acceptors (Lipinski definition) is 3. The number of ether oxygens (including phenoxy) is 1. The van der Waals surface area contributed by atoms with E-state index in [1.165, 1.54) is 6.92 Å². The van der Waals surface area contributed by atoms with E-state index in [1.807, 2.05) is 6.92 Å². The fourth-order valence-electron chi connectivity index (χ4n) is 0.490. The van der Waals surface area contributed by atoms with E-state index in [4.69, 9.17) is 15.6 Å². The average molecular weight is 198 g/mol. The second-order valence-corrected chi connectivity index (χ2v) is 2.61. The molecular formula is C7H16ClNO3. The molecule has 0 amide bonds. The summed E-state index contributed by atoms with van der Waals surface area (Å²) in [6.07, 6.45) is 1.80. The van der Waals surface area contributed by atoms with Gasteiger partial charge in [-0.05, 0) is 13.3 Å². The van der Waals surface area contributed by atoms with Crippen molar-refractivity contribution in [1.29, 1.82) is 0 Å². The van der Waals surface area contributed by atoms with Gasteiger partial charge in [-0.15, -0.1) is 12.4 Å². The Morgan fingerprint density at radius 3 is 2.50 bits per heavy atom. The van der Waals surface area contributed by atoms with Crippen molar-refractivity contribution in [3.63, 3.8) is 0 Å². The van der Waals surface area contributed by atoms with Gasteiger partial charge in [-0.1, -0.05) is 13.3 Å². The molecule has 0 saturated carbocycles. The second kappa shape index (κ2) is 6.22. The highest BCUT2D eigenvalue weighted by Crippen LogP contribution is 2.02. The lowest BCUT2D eigenvalue weighted by atomic mass is 10.3. The molecule has 0 aromatic heterocycles. The van der Waals surface area contributed by atoms with Crippen molar-refractivity contribution in [2.45, 2.75) is 32.4 Å². The lowest BCUT2D eigenvalue weighted by molar-refractivity contribution is -0.163. The second-order valence-electron chi connectivity index (χ2n) is 2.61. The van der Waals surface area contributed by atoms with Crippen LogP contribution in [0.1, 0.15) is 26.7 Å². The quantitative estimate of drug-likeness (QED) is 0.509. The zero-order valence-electron chi connectivity index (χ0n) is 7.37. The normalized spacial score (nSPS) is 14.6. The number of nitrogens with two attached hydrogens (primary N) is 1. The van der Waals surface area contributed by atoms with Crippen molar-refractivity contribution >= 4 is 18.4 Å². The zero-order chi connectivity index (χ0) is 8.91. The Balaban J connectivity index is 0. The third kappa shape index (κ3) is 5.35. The van der Waals surface area contributed by atoms with E-state index in [-0.39, 0.29) is 12.4 Å². The number of carboxylic acids is 1. The first-order valence-electron chi connectivity index (χ1n) is 3.67. The van der Waals surface area contributed by atoms with Gasteiger partial charge in [0.15, 0.2) is 0 Å². The molecule has 0 bridgehead atoms. The van der Waals surface area contributed by atoms with Gasteiger partial charge in [0, 0.05) is 6.61 Å². The summed E-state index contributed by atoms with van der Waals surface area (Å²) < 4.78 is 4.91. The number of unbranched alkanes of at least 4 members (excludes halogenated alkanes) is 1. The molecular weight excluding hydrogens is 182 g/mol. The van der Waals surface area contributed by atoms with Crippen LogP contribution in [0.25, 0.3) is 0 Å². The molecule has 4 nitrogen and oxygen atoms in total. The molecule has 3 N–H and O–H groups in total. The molecule has 0 fully saturated rings. The summed E-state index contributed by atoms with van der Waals surface area (Å²) in [5.41, 5.74) is 3.75. The molecule has 0 saturated heterocycles. The van der Waals surface area contributed by atoms with E-state index in [1.54, 1.807) is 0 Å². The van der Waals surface area contributed by atoms with Crippen molar-refractivity contribution in [2.75, 3.05) is 6.61 Å². The first-order chi connectivity index (χ1) is 5.00. The van der Waals surface area contributed by atoms with Crippen LogP contribution in [0.2, 0.25) is 0 Å². The molecule has 0 aliphatic carbocycles. The summed E-state index contributed by atoms with van der Waals surface area (Å²) in [6.45, 7) is 3.73. The Morgan fingerprint density at radius 1 is 1.67 bits per heavy atom. The molecule has 0 aliphatic rings. The van der Waals surface area contributed by atoms with Crippen LogP contribution in [0.15, 0.2) is 0 Å². The standard InChI is InChI=1S/C7H15NO3.ClH/c1-3-4-5-11-7(2,8)6(9)10;/h3-5,8H2,1-2H3,(H,9,10);1H/t7-;/m1./s1. The van der Waals surface area contributed by atoms with Gasteiger partial charge in [-0.25, -0.2) is 4.79 Å². The van der Waals surface area contributed by atoms with Gasteiger partial charge in [0.2, 0.25) is 5.72 Å². The van der Waals surface area contributed by atoms with Crippen LogP contribution in [-0.4, -0.2) is 23.4 Å². The van der Waals surface area contributed by atoms with Gasteiger partial charge in [0.1, 0.15) is 0 Å². The number of carbonyl (C=O) groups is 1. The fourth-order valence-corrected chi connectivity index (χ4v) is 0.490. The lowest BCUT2D eigenvalue weighted by Crippen LogP contribution is -2.47. The van der Waals surface area contributed by atoms with Crippen molar-refractivity contribution < 1.29 is 14.6 Å². The van der Waals surface area contributed by atoms with Gasteiger partial charge >= 0.3 is 5.97 Å². The van der Waals surface area contributed by atoms with E-state index in [9.17, 15) is 4.79 Å². The molecule has 0 aromatic rings. The number of carboxylic acid groups (broad SMARTS) is 1. The minimum atomic E-state index is -1.53. The summed E-state index contributed by atoms with van der Waals surface area (Å²) in [7, 11) is 0. The molecule has 1 atom stereocenters.